The molecule has 0 aliphatic carbocycles. The van der Waals surface area contributed by atoms with Gasteiger partial charge >= 0.3 is 11.8 Å². The molecule has 6 nitrogen and oxygen atoms in total. The van der Waals surface area contributed by atoms with Crippen molar-refractivity contribution >= 4 is 29.3 Å². The first-order chi connectivity index (χ1) is 5.07. The first kappa shape index (κ1) is 9.70. The first-order valence-corrected chi connectivity index (χ1v) is 3.06. The van der Waals surface area contributed by atoms with Gasteiger partial charge in [0.05, 0.1) is 0 Å². The van der Waals surface area contributed by atoms with Gasteiger partial charge in [-0.25, -0.2) is 0 Å². The predicted molar refractivity (Wildman–Crippen MR) is 36.2 cm³/mol. The van der Waals surface area contributed by atoms with E-state index in [4.69, 9.17) is 11.6 Å². The van der Waals surface area contributed by atoms with Crippen LogP contribution >= 0.6 is 11.6 Å². The minimum Gasteiger partial charge on any atom is -0.361 e. The van der Waals surface area contributed by atoms with Crippen LogP contribution in [0.25, 0.3) is 0 Å². The number of nitrogens with two attached hydrogens (primary N) is 1. The van der Waals surface area contributed by atoms with Crippen LogP contribution < -0.4 is 16.6 Å². The molecule has 0 radical (unpaired) electrons. The van der Waals surface area contributed by atoms with E-state index in [2.05, 4.69) is 5.73 Å². The Morgan fingerprint density at radius 1 is 1.27 bits per heavy atom. The van der Waals surface area contributed by atoms with Crippen molar-refractivity contribution in [3.63, 3.8) is 0 Å². The number of hydrogen-bond acceptors (Lipinski definition) is 3. The van der Waals surface area contributed by atoms with Crippen LogP contribution in [0.15, 0.2) is 0 Å². The molecule has 3 amide bonds. The fraction of sp³-hybridized carbons (Fsp3) is 0.250. The molecule has 0 aromatic heterocycles. The van der Waals surface area contributed by atoms with E-state index < -0.39 is 17.7 Å². The zero-order valence-electron chi connectivity index (χ0n) is 5.39. The third-order valence-corrected chi connectivity index (χ3v) is 0.903. The molecule has 0 aliphatic rings. The van der Waals surface area contributed by atoms with Gasteiger partial charge in [-0.3, -0.25) is 25.2 Å². The van der Waals surface area contributed by atoms with Gasteiger partial charge in [0.15, 0.2) is 0 Å². The summed E-state index contributed by atoms with van der Waals surface area (Å²) in [7, 11) is 0. The van der Waals surface area contributed by atoms with Crippen LogP contribution in [0.2, 0.25) is 0 Å². The second-order valence-electron chi connectivity index (χ2n) is 1.50. The van der Waals surface area contributed by atoms with Crippen molar-refractivity contribution in [3.8, 4) is 0 Å². The maximum absolute atomic E-state index is 10.3. The summed E-state index contributed by atoms with van der Waals surface area (Å²) in [5, 5.41) is 0. The number of carbonyl (C=O) groups excluding carboxylic acids is 3. The van der Waals surface area contributed by atoms with Gasteiger partial charge in [0.1, 0.15) is 5.88 Å². The zero-order chi connectivity index (χ0) is 8.85. The summed E-state index contributed by atoms with van der Waals surface area (Å²) < 4.78 is 0. The SMILES string of the molecule is NC(=O)C(=O)NNC(=O)CCl. The highest BCUT2D eigenvalue weighted by atomic mass is 35.5. The van der Waals surface area contributed by atoms with Crippen LogP contribution in [0.1, 0.15) is 0 Å². The standard InChI is InChI=1S/C4H6ClN3O3/c5-1-2(9)7-8-4(11)3(6)10/h1H2,(H2,6,10)(H,7,9)(H,8,11). The van der Waals surface area contributed by atoms with E-state index in [9.17, 15) is 14.4 Å². The summed E-state index contributed by atoms with van der Waals surface area (Å²) in [6, 6.07) is 0. The molecule has 0 aliphatic heterocycles. The summed E-state index contributed by atoms with van der Waals surface area (Å²) in [5.41, 5.74) is 8.11. The number of rotatable bonds is 1. The molecule has 0 aromatic carbocycles. The Kier molecular flexibility index (Phi) is 3.97. The average molecular weight is 180 g/mol. The smallest absolute Gasteiger partial charge is 0.327 e. The average Bonchev–Trinajstić information content (AvgIpc) is 1.99. The fourth-order valence-electron chi connectivity index (χ4n) is 0.221. The molecule has 7 heteroatoms. The lowest BCUT2D eigenvalue weighted by atomic mass is 10.6. The molecule has 0 unspecified atom stereocenters. The molecule has 11 heavy (non-hydrogen) atoms. The van der Waals surface area contributed by atoms with Crippen molar-refractivity contribution in [2.45, 2.75) is 0 Å². The Morgan fingerprint density at radius 2 is 1.82 bits per heavy atom. The number of hydrogen-bond donors (Lipinski definition) is 3. The van der Waals surface area contributed by atoms with E-state index in [0.717, 1.165) is 0 Å². The van der Waals surface area contributed by atoms with Crippen LogP contribution in [0, 0.1) is 0 Å². The number of amides is 3. The molecular weight excluding hydrogens is 174 g/mol. The van der Waals surface area contributed by atoms with Crippen LogP contribution in [0.3, 0.4) is 0 Å². The summed E-state index contributed by atoms with van der Waals surface area (Å²) in [6.45, 7) is 0. The van der Waals surface area contributed by atoms with E-state index in [1.165, 1.54) is 0 Å². The second kappa shape index (κ2) is 4.51. The number of nitrogens with one attached hydrogen (secondary N) is 2. The number of carbonyl (C=O) groups is 3. The summed E-state index contributed by atoms with van der Waals surface area (Å²) in [6.07, 6.45) is 0. The Hall–Kier alpha value is -1.30. The molecule has 0 aromatic rings. The molecule has 0 saturated heterocycles. The molecule has 0 spiro atoms. The minimum atomic E-state index is -1.18. The maximum Gasteiger partial charge on any atom is 0.327 e. The van der Waals surface area contributed by atoms with Gasteiger partial charge < -0.3 is 5.73 Å². The van der Waals surface area contributed by atoms with Crippen LogP contribution in [-0.4, -0.2) is 23.6 Å². The molecule has 0 saturated carbocycles. The molecule has 0 fully saturated rings. The van der Waals surface area contributed by atoms with Crippen molar-refractivity contribution in [2.75, 3.05) is 5.88 Å². The highest BCUT2D eigenvalue weighted by Gasteiger charge is 2.08. The molecule has 0 atom stereocenters. The van der Waals surface area contributed by atoms with E-state index in [1.54, 1.807) is 5.43 Å². The largest absolute Gasteiger partial charge is 0.361 e. The third-order valence-electron chi connectivity index (χ3n) is 0.661. The molecule has 0 bridgehead atoms. The number of hydrazine groups is 1. The van der Waals surface area contributed by atoms with Gasteiger partial charge in [0.2, 0.25) is 0 Å². The van der Waals surface area contributed by atoms with Crippen LogP contribution in [0.5, 0.6) is 0 Å². The van der Waals surface area contributed by atoms with Crippen LogP contribution in [0.4, 0.5) is 0 Å². The van der Waals surface area contributed by atoms with Crippen molar-refractivity contribution < 1.29 is 14.4 Å². The van der Waals surface area contributed by atoms with Crippen molar-refractivity contribution in [2.24, 2.45) is 5.73 Å². The van der Waals surface area contributed by atoms with Gasteiger partial charge in [-0.2, -0.15) is 0 Å². The highest BCUT2D eigenvalue weighted by Crippen LogP contribution is 1.70. The summed E-state index contributed by atoms with van der Waals surface area (Å²) >= 11 is 5.04. The van der Waals surface area contributed by atoms with Gasteiger partial charge in [-0.05, 0) is 0 Å². The van der Waals surface area contributed by atoms with Gasteiger partial charge in [0.25, 0.3) is 5.91 Å². The molecule has 4 N–H and O–H groups in total. The summed E-state index contributed by atoms with van der Waals surface area (Å²) in [5.74, 6) is -3.21. The normalized spacial score (nSPS) is 8.45. The van der Waals surface area contributed by atoms with Crippen LogP contribution in [-0.2, 0) is 14.4 Å². The molecular formula is C4H6ClN3O3. The highest BCUT2D eigenvalue weighted by molar-refractivity contribution is 6.34. The lowest BCUT2D eigenvalue weighted by molar-refractivity contribution is -0.139. The lowest BCUT2D eigenvalue weighted by Crippen LogP contribution is -2.47. The van der Waals surface area contributed by atoms with Gasteiger partial charge in [-0.15, -0.1) is 11.6 Å². The zero-order valence-corrected chi connectivity index (χ0v) is 6.14. The van der Waals surface area contributed by atoms with Gasteiger partial charge in [-0.1, -0.05) is 0 Å². The molecule has 62 valence electrons. The number of halogens is 1. The number of primary amides is 1. The molecule has 0 heterocycles. The Bertz CT molecular complexity index is 193. The maximum atomic E-state index is 10.3. The third kappa shape index (κ3) is 4.15. The van der Waals surface area contributed by atoms with E-state index in [1.807, 2.05) is 5.43 Å². The number of alkyl halides is 1. The Labute approximate surface area is 67.0 Å². The Balaban J connectivity index is 3.63. The Morgan fingerprint density at radius 3 is 2.18 bits per heavy atom. The van der Waals surface area contributed by atoms with E-state index >= 15 is 0 Å². The first-order valence-electron chi connectivity index (χ1n) is 2.52. The predicted octanol–water partition coefficient (Wildman–Crippen LogP) is -2.14. The van der Waals surface area contributed by atoms with E-state index in [-0.39, 0.29) is 5.88 Å². The topological polar surface area (TPSA) is 101 Å². The van der Waals surface area contributed by atoms with Crippen molar-refractivity contribution in [3.05, 3.63) is 0 Å². The minimum absolute atomic E-state index is 0.307. The van der Waals surface area contributed by atoms with E-state index in [0.29, 0.717) is 0 Å². The second-order valence-corrected chi connectivity index (χ2v) is 1.77. The monoisotopic (exact) mass is 179 g/mol. The van der Waals surface area contributed by atoms with Gasteiger partial charge in [0, 0.05) is 0 Å². The van der Waals surface area contributed by atoms with Crippen molar-refractivity contribution in [1.29, 1.82) is 0 Å². The molecule has 0 rings (SSSR count). The quantitative estimate of drug-likeness (QED) is 0.243. The summed E-state index contributed by atoms with van der Waals surface area (Å²) in [4.78, 5) is 30.7. The lowest BCUT2D eigenvalue weighted by Gasteiger charge is -2.01. The van der Waals surface area contributed by atoms with Crippen molar-refractivity contribution in [1.82, 2.24) is 10.9 Å². The fourth-order valence-corrected chi connectivity index (χ4v) is 0.288.